The Balaban J connectivity index is 0. The second kappa shape index (κ2) is 19.0. The molecule has 0 heterocycles. The summed E-state index contributed by atoms with van der Waals surface area (Å²) < 4.78 is 0. The Morgan fingerprint density at radius 2 is 0.500 bits per heavy atom. The molecule has 0 aromatic rings. The molecule has 41 valence electrons. The molecule has 2 N–H and O–H groups in total. The van der Waals surface area contributed by atoms with E-state index >= 15 is 0 Å². The van der Waals surface area contributed by atoms with Crippen LogP contribution in [-0.4, -0.2) is 5.48 Å². The summed E-state index contributed by atoms with van der Waals surface area (Å²) in [4.78, 5) is 0. The van der Waals surface area contributed by atoms with E-state index in [-0.39, 0.29) is 72.6 Å². The van der Waals surface area contributed by atoms with E-state index < -0.39 is 0 Å². The molecule has 0 aliphatic heterocycles. The first-order chi connectivity index (χ1) is 0. The fourth-order valence-corrected chi connectivity index (χ4v) is 0. The molecule has 0 amide bonds. The molecule has 0 aliphatic carbocycles. The van der Waals surface area contributed by atoms with Crippen LogP contribution in [0, 0.1) is 0 Å². The molecule has 0 fully saturated rings. The van der Waals surface area contributed by atoms with Crippen LogP contribution in [0.2, 0.25) is 0 Å². The van der Waals surface area contributed by atoms with E-state index in [9.17, 15) is 0 Å². The van der Waals surface area contributed by atoms with E-state index in [1.165, 1.54) is 0 Å². The van der Waals surface area contributed by atoms with Gasteiger partial charge in [-0.1, -0.05) is 0 Å². The SMILES string of the molecule is O.[Ag].[Ag].[Ag]. The van der Waals surface area contributed by atoms with Gasteiger partial charge in [0.2, 0.25) is 0 Å². The summed E-state index contributed by atoms with van der Waals surface area (Å²) in [5.74, 6) is 0. The molecule has 3 radical (unpaired) electrons. The van der Waals surface area contributed by atoms with Gasteiger partial charge in [-0.25, -0.2) is 0 Å². The third-order valence-corrected chi connectivity index (χ3v) is 0. The summed E-state index contributed by atoms with van der Waals surface area (Å²) >= 11 is 0. The van der Waals surface area contributed by atoms with Crippen molar-refractivity contribution in [3.05, 3.63) is 0 Å². The van der Waals surface area contributed by atoms with Crippen molar-refractivity contribution in [3.8, 4) is 0 Å². The van der Waals surface area contributed by atoms with Crippen molar-refractivity contribution in [2.45, 2.75) is 0 Å². The van der Waals surface area contributed by atoms with Crippen LogP contribution in [0.5, 0.6) is 0 Å². The van der Waals surface area contributed by atoms with Crippen LogP contribution in [0.25, 0.3) is 0 Å². The van der Waals surface area contributed by atoms with Gasteiger partial charge in [0.25, 0.3) is 0 Å². The topological polar surface area (TPSA) is 31.5 Å². The van der Waals surface area contributed by atoms with Gasteiger partial charge < -0.3 is 5.48 Å². The molecule has 0 saturated carbocycles. The Bertz CT molecular complexity index is 3.25. The fraction of sp³-hybridized carbons (Fsp3) is 0. The number of rotatable bonds is 0. The average molecular weight is 342 g/mol. The van der Waals surface area contributed by atoms with Crippen LogP contribution in [-0.2, 0) is 67.1 Å². The minimum Gasteiger partial charge on any atom is -0.412 e. The molecular formula is H2Ag3O. The summed E-state index contributed by atoms with van der Waals surface area (Å²) in [5, 5.41) is 0. The van der Waals surface area contributed by atoms with Gasteiger partial charge in [0.1, 0.15) is 0 Å². The van der Waals surface area contributed by atoms with Crippen molar-refractivity contribution in [1.82, 2.24) is 0 Å². The van der Waals surface area contributed by atoms with Crippen molar-refractivity contribution in [2.24, 2.45) is 0 Å². The minimum atomic E-state index is 0. The third kappa shape index (κ3) is 8.89. The first kappa shape index (κ1) is 34.9. The second-order valence-corrected chi connectivity index (χ2v) is 0. The number of hydrogen-bond acceptors (Lipinski definition) is 0. The average Bonchev–Trinajstić information content (AvgIpc) is 0. The normalized spacial score (nSPS) is 0. The maximum Gasteiger partial charge on any atom is 0 e. The van der Waals surface area contributed by atoms with Crippen LogP contribution in [0.1, 0.15) is 0 Å². The van der Waals surface area contributed by atoms with Gasteiger partial charge in [0, 0.05) is 67.1 Å². The van der Waals surface area contributed by atoms with E-state index in [1.807, 2.05) is 0 Å². The van der Waals surface area contributed by atoms with E-state index in [2.05, 4.69) is 0 Å². The van der Waals surface area contributed by atoms with Crippen LogP contribution in [0.4, 0.5) is 0 Å². The zero-order valence-electron chi connectivity index (χ0n) is 1.40. The fourth-order valence-electron chi connectivity index (χ4n) is 0. The second-order valence-electron chi connectivity index (χ2n) is 0. The Labute approximate surface area is 71.7 Å². The predicted molar refractivity (Wildman–Crippen MR) is 3.61 cm³/mol. The van der Waals surface area contributed by atoms with E-state index in [0.29, 0.717) is 0 Å². The van der Waals surface area contributed by atoms with E-state index in [4.69, 9.17) is 0 Å². The first-order valence-electron chi connectivity index (χ1n) is 0. The molecule has 0 saturated heterocycles. The first-order valence-corrected chi connectivity index (χ1v) is 0. The standard InChI is InChI=1S/3Ag.H2O/h;;;1H2. The molecule has 4 heavy (non-hydrogen) atoms. The van der Waals surface area contributed by atoms with E-state index in [0.717, 1.165) is 0 Å². The van der Waals surface area contributed by atoms with Gasteiger partial charge in [-0.05, 0) is 0 Å². The van der Waals surface area contributed by atoms with Crippen LogP contribution in [0.3, 0.4) is 0 Å². The summed E-state index contributed by atoms with van der Waals surface area (Å²) in [6, 6.07) is 0. The summed E-state index contributed by atoms with van der Waals surface area (Å²) in [5.41, 5.74) is 0. The smallest absolute Gasteiger partial charge is 0 e. The van der Waals surface area contributed by atoms with Crippen LogP contribution >= 0.6 is 0 Å². The Hall–Kier alpha value is 2.18. The van der Waals surface area contributed by atoms with Crippen LogP contribution in [0.15, 0.2) is 0 Å². The number of hydrogen-bond donors (Lipinski definition) is 0. The Morgan fingerprint density at radius 1 is 0.500 bits per heavy atom. The van der Waals surface area contributed by atoms with Gasteiger partial charge >= 0.3 is 0 Å². The summed E-state index contributed by atoms with van der Waals surface area (Å²) in [7, 11) is 0. The molecule has 0 spiro atoms. The zero-order valence-corrected chi connectivity index (χ0v) is 5.85. The predicted octanol–water partition coefficient (Wildman–Crippen LogP) is -0.832. The van der Waals surface area contributed by atoms with Gasteiger partial charge in [0.05, 0.1) is 0 Å². The van der Waals surface area contributed by atoms with Crippen molar-refractivity contribution >= 4 is 0 Å². The van der Waals surface area contributed by atoms with Crippen LogP contribution < -0.4 is 0 Å². The van der Waals surface area contributed by atoms with Crippen molar-refractivity contribution in [3.63, 3.8) is 0 Å². The van der Waals surface area contributed by atoms with Crippen molar-refractivity contribution in [1.29, 1.82) is 0 Å². The third-order valence-electron chi connectivity index (χ3n) is 0. The van der Waals surface area contributed by atoms with Crippen molar-refractivity contribution in [2.75, 3.05) is 0 Å². The van der Waals surface area contributed by atoms with Gasteiger partial charge in [-0.15, -0.1) is 0 Å². The van der Waals surface area contributed by atoms with Crippen molar-refractivity contribution < 1.29 is 72.6 Å². The molecule has 1 nitrogen and oxygen atoms in total. The van der Waals surface area contributed by atoms with Gasteiger partial charge in [0.15, 0.2) is 0 Å². The molecule has 4 heteroatoms. The van der Waals surface area contributed by atoms with E-state index in [1.54, 1.807) is 0 Å². The maximum atomic E-state index is 0. The summed E-state index contributed by atoms with van der Waals surface area (Å²) in [6.45, 7) is 0. The molecule has 0 aromatic heterocycles. The molecule has 0 aromatic carbocycles. The molecule has 0 aliphatic rings. The summed E-state index contributed by atoms with van der Waals surface area (Å²) in [6.07, 6.45) is 0. The maximum absolute atomic E-state index is 0. The molecular weight excluding hydrogens is 340 g/mol. The minimum absolute atomic E-state index is 0. The molecule has 0 atom stereocenters. The monoisotopic (exact) mass is 339 g/mol. The molecule has 0 bridgehead atoms. The Morgan fingerprint density at radius 3 is 0.500 bits per heavy atom. The quantitative estimate of drug-likeness (QED) is 0.515. The molecule has 0 rings (SSSR count). The molecule has 0 unspecified atom stereocenters. The largest absolute Gasteiger partial charge is 0.412 e. The zero-order chi connectivity index (χ0) is 0. The Kier molecular flexibility index (Phi) is 166. The van der Waals surface area contributed by atoms with Gasteiger partial charge in [-0.3, -0.25) is 0 Å². The van der Waals surface area contributed by atoms with Gasteiger partial charge in [-0.2, -0.15) is 0 Å².